The number of furan rings is 1. The summed E-state index contributed by atoms with van der Waals surface area (Å²) in [6.07, 6.45) is 0. The van der Waals surface area contributed by atoms with E-state index in [1.54, 1.807) is 0 Å². The first kappa shape index (κ1) is 38.9. The van der Waals surface area contributed by atoms with Gasteiger partial charge in [0.25, 0.3) is 0 Å². The Balaban J connectivity index is 1.09. The second-order valence-electron chi connectivity index (χ2n) is 18.7. The summed E-state index contributed by atoms with van der Waals surface area (Å²) in [5, 5.41) is 4.48. The quantitative estimate of drug-likeness (QED) is 0.166. The third kappa shape index (κ3) is 5.34. The van der Waals surface area contributed by atoms with Crippen LogP contribution in [0.25, 0.3) is 93.9 Å². The molecule has 2 heterocycles. The molecule has 3 nitrogen and oxygen atoms in total. The van der Waals surface area contributed by atoms with E-state index in [4.69, 9.17) is 4.42 Å². The lowest BCUT2D eigenvalue weighted by Gasteiger charge is -2.32. The summed E-state index contributed by atoms with van der Waals surface area (Å²) in [6.45, 7) is 0. The van der Waals surface area contributed by atoms with Crippen molar-refractivity contribution in [2.75, 3.05) is 4.90 Å². The fourth-order valence-electron chi connectivity index (χ4n) is 12.4. The van der Waals surface area contributed by atoms with Crippen molar-refractivity contribution in [1.29, 1.82) is 0 Å². The standard InChI is InChI=1S/C67H42N2O/c1-4-20-43(21-5-1)47-39-38-46(40-52(47)44-22-6-2-7-23-44)69(59-34-18-33-58-65(59)51-29-12-16-32-57(51)67(58)55-30-14-10-26-48(55)49-27-11-15-31-56(49)67)61-36-19-35-60-66(61)54-42-64-53(50-28-13-17-37-63(50)70-64)41-62(54)68(60)45-24-8-3-9-25-45/h1-42H. The fraction of sp³-hybridized carbons (Fsp3) is 0.0149. The highest BCUT2D eigenvalue weighted by molar-refractivity contribution is 6.21. The van der Waals surface area contributed by atoms with Gasteiger partial charge >= 0.3 is 0 Å². The lowest BCUT2D eigenvalue weighted by atomic mass is 9.70. The van der Waals surface area contributed by atoms with Crippen LogP contribution >= 0.6 is 0 Å². The first-order valence-corrected chi connectivity index (χ1v) is 24.2. The maximum atomic E-state index is 6.70. The van der Waals surface area contributed by atoms with Gasteiger partial charge in [0, 0.05) is 38.5 Å². The van der Waals surface area contributed by atoms with E-state index in [1.807, 2.05) is 0 Å². The Labute approximate surface area is 405 Å². The van der Waals surface area contributed by atoms with Gasteiger partial charge in [-0.15, -0.1) is 0 Å². The van der Waals surface area contributed by atoms with Crippen LogP contribution in [-0.4, -0.2) is 4.57 Å². The third-order valence-electron chi connectivity index (χ3n) is 15.2. The molecule has 0 bridgehead atoms. The van der Waals surface area contributed by atoms with E-state index in [9.17, 15) is 0 Å². The molecule has 0 N–H and O–H groups in total. The van der Waals surface area contributed by atoms with Crippen molar-refractivity contribution < 1.29 is 4.42 Å². The average molecular weight is 891 g/mol. The Hall–Kier alpha value is -9.18. The van der Waals surface area contributed by atoms with Crippen molar-refractivity contribution in [1.82, 2.24) is 4.57 Å². The van der Waals surface area contributed by atoms with Gasteiger partial charge in [-0.05, 0) is 122 Å². The summed E-state index contributed by atoms with van der Waals surface area (Å²) in [4.78, 5) is 2.56. The number of aromatic nitrogens is 1. The van der Waals surface area contributed by atoms with Crippen LogP contribution in [0, 0.1) is 0 Å². The molecule has 326 valence electrons. The van der Waals surface area contributed by atoms with Crippen molar-refractivity contribution >= 4 is 60.8 Å². The van der Waals surface area contributed by atoms with Crippen LogP contribution in [0.5, 0.6) is 0 Å². The second-order valence-corrected chi connectivity index (χ2v) is 18.7. The van der Waals surface area contributed by atoms with E-state index in [1.165, 1.54) is 61.2 Å². The molecule has 13 aromatic rings. The van der Waals surface area contributed by atoms with Gasteiger partial charge in [0.2, 0.25) is 0 Å². The predicted octanol–water partition coefficient (Wildman–Crippen LogP) is 17.8. The highest BCUT2D eigenvalue weighted by Gasteiger charge is 2.52. The summed E-state index contributed by atoms with van der Waals surface area (Å²) in [7, 11) is 0. The highest BCUT2D eigenvalue weighted by Crippen LogP contribution is 2.65. The minimum Gasteiger partial charge on any atom is -0.456 e. The van der Waals surface area contributed by atoms with Gasteiger partial charge < -0.3 is 13.9 Å². The molecule has 2 aliphatic carbocycles. The Morgan fingerprint density at radius 3 is 1.64 bits per heavy atom. The molecule has 0 aliphatic heterocycles. The Bertz CT molecular complexity index is 4190. The number of hydrogen-bond acceptors (Lipinski definition) is 2. The molecule has 0 amide bonds. The number of rotatable bonds is 6. The maximum Gasteiger partial charge on any atom is 0.136 e. The first-order valence-electron chi connectivity index (χ1n) is 24.2. The SMILES string of the molecule is c1ccc(-c2ccc(N(c3cccc4c3-c3ccccc3C43c4ccccc4-c4ccccc43)c3cccc4c3c3cc5oc6ccccc6c5cc3n4-c3ccccc3)cc2-c2ccccc2)cc1. The van der Waals surface area contributed by atoms with Crippen LogP contribution in [0.15, 0.2) is 259 Å². The van der Waals surface area contributed by atoms with Crippen LogP contribution < -0.4 is 4.90 Å². The van der Waals surface area contributed by atoms with Crippen LogP contribution in [0.1, 0.15) is 22.3 Å². The van der Waals surface area contributed by atoms with E-state index < -0.39 is 5.41 Å². The summed E-state index contributed by atoms with van der Waals surface area (Å²) >= 11 is 0. The Morgan fingerprint density at radius 2 is 0.914 bits per heavy atom. The monoisotopic (exact) mass is 890 g/mol. The van der Waals surface area contributed by atoms with Gasteiger partial charge in [0.1, 0.15) is 11.2 Å². The highest BCUT2D eigenvalue weighted by atomic mass is 16.3. The van der Waals surface area contributed by atoms with E-state index in [0.29, 0.717) is 0 Å². The molecule has 15 rings (SSSR count). The van der Waals surface area contributed by atoms with Crippen LogP contribution in [0.3, 0.4) is 0 Å². The molecule has 0 radical (unpaired) electrons. The zero-order valence-electron chi connectivity index (χ0n) is 38.1. The topological polar surface area (TPSA) is 21.3 Å². The van der Waals surface area contributed by atoms with Gasteiger partial charge in [-0.1, -0.05) is 194 Å². The van der Waals surface area contributed by atoms with E-state index in [2.05, 4.69) is 264 Å². The first-order chi connectivity index (χ1) is 34.8. The minimum absolute atomic E-state index is 0.505. The average Bonchev–Trinajstić information content (AvgIpc) is 4.16. The number of para-hydroxylation sites is 2. The summed E-state index contributed by atoms with van der Waals surface area (Å²) < 4.78 is 9.14. The molecule has 0 unspecified atom stereocenters. The molecule has 0 saturated heterocycles. The molecule has 70 heavy (non-hydrogen) atoms. The summed E-state index contributed by atoms with van der Waals surface area (Å²) in [5.41, 5.74) is 22.9. The number of fused-ring (bicyclic) bond motifs is 16. The molecule has 3 heteroatoms. The zero-order valence-corrected chi connectivity index (χ0v) is 38.1. The van der Waals surface area contributed by atoms with Crippen molar-refractivity contribution in [3.8, 4) is 50.2 Å². The van der Waals surface area contributed by atoms with Crippen LogP contribution in [0.4, 0.5) is 17.1 Å². The normalized spacial score (nSPS) is 13.0. The molecular weight excluding hydrogens is 849 g/mol. The molecule has 0 atom stereocenters. The summed E-state index contributed by atoms with van der Waals surface area (Å²) in [6, 6.07) is 93.7. The van der Waals surface area contributed by atoms with Gasteiger partial charge in [0.15, 0.2) is 0 Å². The number of anilines is 3. The Kier molecular flexibility index (Phi) is 8.28. The zero-order chi connectivity index (χ0) is 45.9. The van der Waals surface area contributed by atoms with Gasteiger partial charge in [-0.3, -0.25) is 0 Å². The van der Waals surface area contributed by atoms with E-state index in [0.717, 1.165) is 72.1 Å². The van der Waals surface area contributed by atoms with Gasteiger partial charge in [-0.25, -0.2) is 0 Å². The Morgan fingerprint density at radius 1 is 0.343 bits per heavy atom. The molecule has 0 fully saturated rings. The van der Waals surface area contributed by atoms with Gasteiger partial charge in [-0.2, -0.15) is 0 Å². The van der Waals surface area contributed by atoms with Gasteiger partial charge in [0.05, 0.1) is 27.8 Å². The smallest absolute Gasteiger partial charge is 0.136 e. The van der Waals surface area contributed by atoms with Crippen molar-refractivity contribution in [3.05, 3.63) is 277 Å². The fourth-order valence-corrected chi connectivity index (χ4v) is 12.4. The van der Waals surface area contributed by atoms with Crippen molar-refractivity contribution in [3.63, 3.8) is 0 Å². The van der Waals surface area contributed by atoms with Crippen molar-refractivity contribution in [2.24, 2.45) is 0 Å². The molecule has 1 spiro atoms. The molecule has 2 aromatic heterocycles. The van der Waals surface area contributed by atoms with Crippen molar-refractivity contribution in [2.45, 2.75) is 5.41 Å². The largest absolute Gasteiger partial charge is 0.456 e. The van der Waals surface area contributed by atoms with Crippen LogP contribution in [0.2, 0.25) is 0 Å². The van der Waals surface area contributed by atoms with Crippen LogP contribution in [-0.2, 0) is 5.41 Å². The van der Waals surface area contributed by atoms with E-state index >= 15 is 0 Å². The number of nitrogens with zero attached hydrogens (tertiary/aromatic N) is 2. The lowest BCUT2D eigenvalue weighted by molar-refractivity contribution is 0.669. The number of hydrogen-bond donors (Lipinski definition) is 0. The predicted molar refractivity (Wildman–Crippen MR) is 290 cm³/mol. The third-order valence-corrected chi connectivity index (χ3v) is 15.2. The molecular formula is C67H42N2O. The maximum absolute atomic E-state index is 6.70. The minimum atomic E-state index is -0.505. The number of benzene rings is 11. The molecule has 0 saturated carbocycles. The van der Waals surface area contributed by atoms with E-state index in [-0.39, 0.29) is 0 Å². The second kappa shape index (κ2) is 14.9. The molecule has 11 aromatic carbocycles. The molecule has 2 aliphatic rings. The lowest BCUT2D eigenvalue weighted by Crippen LogP contribution is -2.26. The summed E-state index contributed by atoms with van der Waals surface area (Å²) in [5.74, 6) is 0.